The molecular weight excluding hydrogens is 228 g/mol. The molecule has 0 fully saturated rings. The molecule has 0 aliphatic carbocycles. The number of fused-ring (bicyclic) bond motifs is 1. The van der Waals surface area contributed by atoms with Gasteiger partial charge in [0, 0.05) is 17.6 Å². The molecule has 1 unspecified atom stereocenters. The summed E-state index contributed by atoms with van der Waals surface area (Å²) in [5, 5.41) is 12.6. The van der Waals surface area contributed by atoms with Gasteiger partial charge < -0.3 is 10.4 Å². The second-order valence-corrected chi connectivity index (χ2v) is 4.32. The van der Waals surface area contributed by atoms with Crippen molar-refractivity contribution >= 4 is 16.8 Å². The predicted octanol–water partition coefficient (Wildman–Crippen LogP) is 1.27. The molecule has 2 rings (SSSR count). The lowest BCUT2D eigenvalue weighted by Gasteiger charge is -2.11. The van der Waals surface area contributed by atoms with E-state index in [1.54, 1.807) is 13.1 Å². The van der Waals surface area contributed by atoms with Crippen molar-refractivity contribution in [3.63, 3.8) is 0 Å². The maximum atomic E-state index is 11.8. The number of amides is 1. The summed E-state index contributed by atoms with van der Waals surface area (Å²) in [5.74, 6) is -0.102. The van der Waals surface area contributed by atoms with Crippen LogP contribution in [-0.4, -0.2) is 28.6 Å². The van der Waals surface area contributed by atoms with E-state index in [4.69, 9.17) is 5.11 Å². The second kappa shape index (κ2) is 5.60. The highest BCUT2D eigenvalue weighted by molar-refractivity contribution is 5.87. The number of pyridine rings is 1. The van der Waals surface area contributed by atoms with Gasteiger partial charge in [-0.3, -0.25) is 9.78 Å². The minimum absolute atomic E-state index is 0.0560. The number of para-hydroxylation sites is 1. The van der Waals surface area contributed by atoms with E-state index < -0.39 is 0 Å². The molecule has 4 heteroatoms. The molecule has 2 aromatic rings. The first-order chi connectivity index (χ1) is 8.70. The van der Waals surface area contributed by atoms with Crippen molar-refractivity contribution in [1.29, 1.82) is 0 Å². The second-order valence-electron chi connectivity index (χ2n) is 4.32. The number of nitrogens with zero attached hydrogens (tertiary/aromatic N) is 1. The minimum atomic E-state index is -0.222. The van der Waals surface area contributed by atoms with Gasteiger partial charge in [0.1, 0.15) is 0 Å². The Balaban J connectivity index is 2.19. The zero-order valence-electron chi connectivity index (χ0n) is 10.3. The average Bonchev–Trinajstić information content (AvgIpc) is 2.39. The molecular formula is C14H16N2O2. The zero-order valence-corrected chi connectivity index (χ0v) is 10.3. The highest BCUT2D eigenvalue weighted by atomic mass is 16.3. The highest BCUT2D eigenvalue weighted by Gasteiger charge is 2.09. The molecule has 0 aliphatic heterocycles. The van der Waals surface area contributed by atoms with Crippen LogP contribution >= 0.6 is 0 Å². The Hall–Kier alpha value is -1.94. The van der Waals surface area contributed by atoms with E-state index in [1.807, 2.05) is 30.3 Å². The summed E-state index contributed by atoms with van der Waals surface area (Å²) in [6, 6.07) is 9.42. The Kier molecular flexibility index (Phi) is 3.89. The quantitative estimate of drug-likeness (QED) is 0.851. The number of carbonyl (C=O) groups excluding carboxylic acids is 1. The molecule has 2 N–H and O–H groups in total. The minimum Gasteiger partial charge on any atom is -0.394 e. The molecule has 0 saturated carbocycles. The maximum Gasteiger partial charge on any atom is 0.224 e. The summed E-state index contributed by atoms with van der Waals surface area (Å²) in [6.45, 7) is 1.71. The van der Waals surface area contributed by atoms with Crippen LogP contribution in [0.1, 0.15) is 12.5 Å². The maximum absolute atomic E-state index is 11.8. The van der Waals surface area contributed by atoms with Crippen molar-refractivity contribution in [2.45, 2.75) is 19.4 Å². The van der Waals surface area contributed by atoms with Gasteiger partial charge in [-0.05, 0) is 18.6 Å². The van der Waals surface area contributed by atoms with Gasteiger partial charge in [-0.15, -0.1) is 0 Å². The van der Waals surface area contributed by atoms with Gasteiger partial charge in [0.05, 0.1) is 18.5 Å². The number of aliphatic hydroxyl groups is 1. The van der Waals surface area contributed by atoms with E-state index in [0.717, 1.165) is 16.5 Å². The Morgan fingerprint density at radius 1 is 1.39 bits per heavy atom. The van der Waals surface area contributed by atoms with Gasteiger partial charge in [0.25, 0.3) is 0 Å². The number of nitrogens with one attached hydrogen (secondary N) is 1. The number of hydrogen-bond donors (Lipinski definition) is 2. The van der Waals surface area contributed by atoms with Crippen molar-refractivity contribution in [3.05, 3.63) is 42.1 Å². The lowest BCUT2D eigenvalue weighted by molar-refractivity contribution is -0.121. The summed E-state index contributed by atoms with van der Waals surface area (Å²) in [6.07, 6.45) is 2.00. The molecule has 18 heavy (non-hydrogen) atoms. The molecule has 0 radical (unpaired) electrons. The van der Waals surface area contributed by atoms with E-state index in [9.17, 15) is 4.79 Å². The number of rotatable bonds is 4. The first-order valence-electron chi connectivity index (χ1n) is 5.93. The monoisotopic (exact) mass is 244 g/mol. The molecule has 94 valence electrons. The third-order valence-electron chi connectivity index (χ3n) is 2.75. The van der Waals surface area contributed by atoms with E-state index in [0.29, 0.717) is 0 Å². The van der Waals surface area contributed by atoms with Crippen LogP contribution in [0.3, 0.4) is 0 Å². The van der Waals surface area contributed by atoms with Crippen LogP contribution in [0.5, 0.6) is 0 Å². The van der Waals surface area contributed by atoms with Crippen LogP contribution in [0.2, 0.25) is 0 Å². The van der Waals surface area contributed by atoms with Crippen LogP contribution in [0.25, 0.3) is 10.9 Å². The van der Waals surface area contributed by atoms with Gasteiger partial charge in [0.2, 0.25) is 5.91 Å². The summed E-state index contributed by atoms with van der Waals surface area (Å²) in [5.41, 5.74) is 1.75. The average molecular weight is 244 g/mol. The van der Waals surface area contributed by atoms with Gasteiger partial charge in [-0.25, -0.2) is 0 Å². The highest BCUT2D eigenvalue weighted by Crippen LogP contribution is 2.16. The third-order valence-corrected chi connectivity index (χ3v) is 2.75. The van der Waals surface area contributed by atoms with Crippen LogP contribution in [0.4, 0.5) is 0 Å². The smallest absolute Gasteiger partial charge is 0.224 e. The summed E-state index contributed by atoms with van der Waals surface area (Å²) < 4.78 is 0. The first-order valence-corrected chi connectivity index (χ1v) is 5.93. The largest absolute Gasteiger partial charge is 0.394 e. The molecule has 0 bridgehead atoms. The summed E-state index contributed by atoms with van der Waals surface area (Å²) in [7, 11) is 0. The van der Waals surface area contributed by atoms with E-state index in [1.165, 1.54) is 0 Å². The molecule has 0 saturated heterocycles. The molecule has 1 heterocycles. The fraction of sp³-hybridized carbons (Fsp3) is 0.286. The van der Waals surface area contributed by atoms with Gasteiger partial charge in [-0.1, -0.05) is 24.3 Å². The van der Waals surface area contributed by atoms with Gasteiger partial charge in [-0.2, -0.15) is 0 Å². The molecule has 1 aromatic heterocycles. The Labute approximate surface area is 106 Å². The molecule has 1 amide bonds. The SMILES string of the molecule is CC(CO)NC(=O)Cc1cccc2cccnc12. The fourth-order valence-electron chi connectivity index (χ4n) is 1.85. The number of aliphatic hydroxyl groups excluding tert-OH is 1. The number of benzene rings is 1. The number of aromatic nitrogens is 1. The predicted molar refractivity (Wildman–Crippen MR) is 70.1 cm³/mol. The Bertz CT molecular complexity index is 549. The van der Waals surface area contributed by atoms with Crippen LogP contribution in [0.15, 0.2) is 36.5 Å². The van der Waals surface area contributed by atoms with Crippen molar-refractivity contribution in [1.82, 2.24) is 10.3 Å². The van der Waals surface area contributed by atoms with Crippen molar-refractivity contribution in [3.8, 4) is 0 Å². The van der Waals surface area contributed by atoms with E-state index in [2.05, 4.69) is 10.3 Å². The Morgan fingerprint density at radius 2 is 2.17 bits per heavy atom. The molecule has 0 spiro atoms. The zero-order chi connectivity index (χ0) is 13.0. The molecule has 4 nitrogen and oxygen atoms in total. The number of carbonyl (C=O) groups is 1. The number of hydrogen-bond acceptors (Lipinski definition) is 3. The van der Waals surface area contributed by atoms with Crippen molar-refractivity contribution in [2.75, 3.05) is 6.61 Å². The Morgan fingerprint density at radius 3 is 2.94 bits per heavy atom. The van der Waals surface area contributed by atoms with Crippen LogP contribution in [0, 0.1) is 0 Å². The molecule has 0 aliphatic rings. The lowest BCUT2D eigenvalue weighted by Crippen LogP contribution is -2.36. The fourth-order valence-corrected chi connectivity index (χ4v) is 1.85. The van der Waals surface area contributed by atoms with Crippen molar-refractivity contribution < 1.29 is 9.90 Å². The van der Waals surface area contributed by atoms with Crippen molar-refractivity contribution in [2.24, 2.45) is 0 Å². The summed E-state index contributed by atoms with van der Waals surface area (Å²) >= 11 is 0. The van der Waals surface area contributed by atoms with Crippen LogP contribution < -0.4 is 5.32 Å². The summed E-state index contributed by atoms with van der Waals surface area (Å²) in [4.78, 5) is 16.1. The molecule has 1 atom stereocenters. The normalized spacial score (nSPS) is 12.3. The first kappa shape index (κ1) is 12.5. The molecule has 1 aromatic carbocycles. The van der Waals surface area contributed by atoms with Gasteiger partial charge in [0.15, 0.2) is 0 Å². The van der Waals surface area contributed by atoms with Gasteiger partial charge >= 0.3 is 0 Å². The standard InChI is InChI=1S/C14H16N2O2/c1-10(9-17)16-13(18)8-12-5-2-4-11-6-3-7-15-14(11)12/h2-7,10,17H,8-9H2,1H3,(H,16,18). The lowest BCUT2D eigenvalue weighted by atomic mass is 10.1. The van der Waals surface area contributed by atoms with E-state index in [-0.39, 0.29) is 25.0 Å². The third kappa shape index (κ3) is 2.84. The van der Waals surface area contributed by atoms with Crippen LogP contribution in [-0.2, 0) is 11.2 Å². The van der Waals surface area contributed by atoms with E-state index >= 15 is 0 Å². The topological polar surface area (TPSA) is 62.2 Å².